The maximum absolute atomic E-state index is 6.48. The Balaban J connectivity index is 3.89. The number of rotatable bonds is 9. The van der Waals surface area contributed by atoms with Crippen LogP contribution in [0.1, 0.15) is 40.0 Å². The topological polar surface area (TPSA) is 36.1 Å². The molecule has 0 unspecified atom stereocenters. The maximum Gasteiger partial charge on any atom is 0.384 e. The van der Waals surface area contributed by atoms with Gasteiger partial charge in [-0.05, 0) is 38.9 Å². The summed E-state index contributed by atoms with van der Waals surface area (Å²) in [5.41, 5.74) is 0. The van der Waals surface area contributed by atoms with Crippen LogP contribution in [0.3, 0.4) is 0 Å². The van der Waals surface area contributed by atoms with Crippen molar-refractivity contribution in [3.05, 3.63) is 0 Å². The first kappa shape index (κ1) is 14.4. The van der Waals surface area contributed by atoms with Gasteiger partial charge in [-0.25, -0.2) is 0 Å². The molecule has 0 fully saturated rings. The molecule has 0 atom stereocenters. The van der Waals surface area contributed by atoms with Crippen molar-refractivity contribution >= 4 is 18.9 Å². The smallest absolute Gasteiger partial charge is 0.301 e. The molecule has 14 heavy (non-hydrogen) atoms. The minimum atomic E-state index is -2.09. The van der Waals surface area contributed by atoms with Crippen molar-refractivity contribution in [1.82, 2.24) is 14.9 Å². The van der Waals surface area contributed by atoms with Crippen LogP contribution in [0.5, 0.6) is 0 Å². The molecule has 0 aromatic heterocycles. The Morgan fingerprint density at radius 2 is 1.07 bits per heavy atom. The van der Waals surface area contributed by atoms with E-state index in [9.17, 15) is 0 Å². The van der Waals surface area contributed by atoms with Gasteiger partial charge in [0.2, 0.25) is 0 Å². The van der Waals surface area contributed by atoms with Crippen molar-refractivity contribution in [1.29, 1.82) is 0 Å². The molecule has 5 heteroatoms. The van der Waals surface area contributed by atoms with Gasteiger partial charge in [0.25, 0.3) is 0 Å². The van der Waals surface area contributed by atoms with Crippen molar-refractivity contribution in [3.63, 3.8) is 0 Å². The molecule has 3 nitrogen and oxygen atoms in total. The minimum absolute atomic E-state index is 0.975. The Morgan fingerprint density at radius 3 is 1.29 bits per heavy atom. The Bertz CT molecular complexity index is 113. The van der Waals surface area contributed by atoms with Crippen LogP contribution in [0.4, 0.5) is 0 Å². The molecule has 0 bridgehead atoms. The molecule has 0 saturated heterocycles. The number of halogens is 1. The fourth-order valence-corrected chi connectivity index (χ4v) is 4.09. The second kappa shape index (κ2) is 8.68. The molecule has 0 aromatic carbocycles. The quantitative estimate of drug-likeness (QED) is 0.422. The van der Waals surface area contributed by atoms with E-state index in [2.05, 4.69) is 35.7 Å². The van der Waals surface area contributed by atoms with E-state index in [-0.39, 0.29) is 0 Å². The van der Waals surface area contributed by atoms with E-state index >= 15 is 0 Å². The summed E-state index contributed by atoms with van der Waals surface area (Å²) in [6, 6.07) is 0. The predicted octanol–water partition coefficient (Wildman–Crippen LogP) is 1.66. The van der Waals surface area contributed by atoms with Crippen molar-refractivity contribution < 1.29 is 0 Å². The highest BCUT2D eigenvalue weighted by molar-refractivity contribution is 7.16. The highest BCUT2D eigenvalue weighted by Crippen LogP contribution is 1.97. The largest absolute Gasteiger partial charge is 0.384 e. The van der Waals surface area contributed by atoms with Gasteiger partial charge in [-0.2, -0.15) is 0 Å². The number of hydrogen-bond acceptors (Lipinski definition) is 3. The van der Waals surface area contributed by atoms with Crippen LogP contribution >= 0.6 is 11.1 Å². The van der Waals surface area contributed by atoms with E-state index in [1.807, 2.05) is 0 Å². The summed E-state index contributed by atoms with van der Waals surface area (Å²) >= 11 is 6.48. The van der Waals surface area contributed by atoms with Gasteiger partial charge >= 0.3 is 7.87 Å². The van der Waals surface area contributed by atoms with Gasteiger partial charge in [0.1, 0.15) is 0 Å². The van der Waals surface area contributed by atoms with E-state index in [0.717, 1.165) is 38.9 Å². The second-order valence-corrected chi connectivity index (χ2v) is 7.52. The van der Waals surface area contributed by atoms with Gasteiger partial charge in [0.05, 0.1) is 0 Å². The summed E-state index contributed by atoms with van der Waals surface area (Å²) in [6.07, 6.45) is 3.34. The zero-order valence-corrected chi connectivity index (χ0v) is 11.4. The lowest BCUT2D eigenvalue weighted by Gasteiger charge is -2.26. The van der Waals surface area contributed by atoms with Crippen LogP contribution in [0.25, 0.3) is 0 Å². The third-order valence-corrected chi connectivity index (χ3v) is 5.27. The van der Waals surface area contributed by atoms with Crippen molar-refractivity contribution in [2.24, 2.45) is 0 Å². The van der Waals surface area contributed by atoms with Gasteiger partial charge in [-0.1, -0.05) is 20.8 Å². The maximum atomic E-state index is 6.48. The van der Waals surface area contributed by atoms with Crippen molar-refractivity contribution in [3.8, 4) is 0 Å². The first-order valence-electron chi connectivity index (χ1n) is 5.62. The molecule has 3 N–H and O–H groups in total. The summed E-state index contributed by atoms with van der Waals surface area (Å²) in [6.45, 7) is 9.38. The monoisotopic (exact) mass is 237 g/mol. The average molecular weight is 238 g/mol. The highest BCUT2D eigenvalue weighted by atomic mass is 35.6. The van der Waals surface area contributed by atoms with Gasteiger partial charge in [0.15, 0.2) is 0 Å². The third-order valence-electron chi connectivity index (χ3n) is 1.86. The normalized spacial score (nSPS) is 12.0. The van der Waals surface area contributed by atoms with Gasteiger partial charge in [-0.15, -0.1) is 11.1 Å². The third kappa shape index (κ3) is 6.78. The van der Waals surface area contributed by atoms with Crippen molar-refractivity contribution in [2.75, 3.05) is 19.6 Å². The molecule has 0 radical (unpaired) electrons. The lowest BCUT2D eigenvalue weighted by atomic mass is 10.5. The van der Waals surface area contributed by atoms with Crippen LogP contribution in [0.2, 0.25) is 0 Å². The Morgan fingerprint density at radius 1 is 0.786 bits per heavy atom. The van der Waals surface area contributed by atoms with Crippen LogP contribution in [0, 0.1) is 0 Å². The predicted molar refractivity (Wildman–Crippen MR) is 66.5 cm³/mol. The summed E-state index contributed by atoms with van der Waals surface area (Å²) < 4.78 is 0. The first-order valence-corrected chi connectivity index (χ1v) is 8.63. The zero-order chi connectivity index (χ0) is 10.9. The fourth-order valence-electron chi connectivity index (χ4n) is 1.08. The zero-order valence-electron chi connectivity index (χ0n) is 9.62. The SMILES string of the molecule is CCCN[Si](Cl)(NCCC)NCCC. The summed E-state index contributed by atoms with van der Waals surface area (Å²) in [5.74, 6) is 0. The van der Waals surface area contributed by atoms with Crippen molar-refractivity contribution in [2.45, 2.75) is 40.0 Å². The van der Waals surface area contributed by atoms with Gasteiger partial charge in [-0.3, -0.25) is 0 Å². The number of hydrogen-bond donors (Lipinski definition) is 3. The van der Waals surface area contributed by atoms with Crippen LogP contribution in [-0.2, 0) is 0 Å². The first-order chi connectivity index (χ1) is 6.68. The average Bonchev–Trinajstić information content (AvgIpc) is 2.21. The molecule has 0 aliphatic heterocycles. The molecule has 0 heterocycles. The molecule has 86 valence electrons. The van der Waals surface area contributed by atoms with E-state index < -0.39 is 7.87 Å². The molecule has 0 aromatic rings. The molecule has 0 spiro atoms. The van der Waals surface area contributed by atoms with E-state index in [0.29, 0.717) is 0 Å². The van der Waals surface area contributed by atoms with E-state index in [4.69, 9.17) is 11.1 Å². The van der Waals surface area contributed by atoms with Crippen LogP contribution < -0.4 is 14.9 Å². The standard InChI is InChI=1S/C9H24ClN3Si/c1-4-7-11-14(10,12-8-5-2)13-9-6-3/h11-13H,4-9H2,1-3H3. The number of nitrogens with one attached hydrogen (secondary N) is 3. The summed E-state index contributed by atoms with van der Waals surface area (Å²) in [5, 5.41) is 0. The minimum Gasteiger partial charge on any atom is -0.301 e. The molecule has 0 amide bonds. The highest BCUT2D eigenvalue weighted by Gasteiger charge is 2.29. The summed E-state index contributed by atoms with van der Waals surface area (Å²) in [7, 11) is -2.09. The van der Waals surface area contributed by atoms with Gasteiger partial charge in [0, 0.05) is 0 Å². The van der Waals surface area contributed by atoms with Gasteiger partial charge < -0.3 is 14.9 Å². The van der Waals surface area contributed by atoms with E-state index in [1.54, 1.807) is 0 Å². The molecule has 0 aliphatic rings. The molecular weight excluding hydrogens is 214 g/mol. The van der Waals surface area contributed by atoms with Crippen LogP contribution in [0.15, 0.2) is 0 Å². The second-order valence-electron chi connectivity index (χ2n) is 3.44. The Kier molecular flexibility index (Phi) is 8.92. The lowest BCUT2D eigenvalue weighted by molar-refractivity contribution is 0.725. The van der Waals surface area contributed by atoms with Crippen LogP contribution in [-0.4, -0.2) is 27.5 Å². The van der Waals surface area contributed by atoms with E-state index in [1.165, 1.54) is 0 Å². The molecule has 0 rings (SSSR count). The Labute approximate surface area is 93.9 Å². The lowest BCUT2D eigenvalue weighted by Crippen LogP contribution is -2.68. The molecule has 0 aliphatic carbocycles. The molecular formula is C9H24ClN3Si. The molecule has 0 saturated carbocycles. The summed E-state index contributed by atoms with van der Waals surface area (Å²) in [4.78, 5) is 10.2. The Hall–Kier alpha value is 0.387. The fraction of sp³-hybridized carbons (Fsp3) is 1.00.